The van der Waals surface area contributed by atoms with E-state index in [0.29, 0.717) is 11.1 Å². The van der Waals surface area contributed by atoms with Gasteiger partial charge in [-0.1, -0.05) is 6.07 Å². The van der Waals surface area contributed by atoms with Gasteiger partial charge in [0.1, 0.15) is 5.56 Å². The minimum atomic E-state index is -0.245. The zero-order valence-corrected chi connectivity index (χ0v) is 7.54. The molecule has 0 radical (unpaired) electrons. The SMILES string of the molecule is O=c1[nH]n2ccccc2c1-c1nnco1. The third-order valence-corrected chi connectivity index (χ3v) is 2.14. The second kappa shape index (κ2) is 2.81. The number of pyridine rings is 1. The van der Waals surface area contributed by atoms with Gasteiger partial charge in [-0.25, -0.2) is 0 Å². The Morgan fingerprint density at radius 3 is 3.13 bits per heavy atom. The van der Waals surface area contributed by atoms with Crippen LogP contribution in [0.4, 0.5) is 0 Å². The van der Waals surface area contributed by atoms with Crippen molar-refractivity contribution in [2.45, 2.75) is 0 Å². The molecule has 0 amide bonds. The number of hydrogen-bond acceptors (Lipinski definition) is 4. The van der Waals surface area contributed by atoms with Crippen LogP contribution in [0.2, 0.25) is 0 Å². The van der Waals surface area contributed by atoms with E-state index in [1.165, 1.54) is 6.39 Å². The van der Waals surface area contributed by atoms with Gasteiger partial charge in [-0.15, -0.1) is 10.2 Å². The molecular weight excluding hydrogens is 196 g/mol. The van der Waals surface area contributed by atoms with Gasteiger partial charge in [-0.3, -0.25) is 14.4 Å². The molecule has 3 heterocycles. The summed E-state index contributed by atoms with van der Waals surface area (Å²) >= 11 is 0. The van der Waals surface area contributed by atoms with Crippen LogP contribution in [0, 0.1) is 0 Å². The topological polar surface area (TPSA) is 76.2 Å². The fourth-order valence-electron chi connectivity index (χ4n) is 1.51. The maximum atomic E-state index is 11.6. The Morgan fingerprint density at radius 1 is 1.40 bits per heavy atom. The summed E-state index contributed by atoms with van der Waals surface area (Å²) in [5, 5.41) is 9.92. The average Bonchev–Trinajstić information content (AvgIpc) is 2.82. The molecule has 1 N–H and O–H groups in total. The molecule has 3 aromatic heterocycles. The predicted octanol–water partition coefficient (Wildman–Crippen LogP) is 0.678. The lowest BCUT2D eigenvalue weighted by atomic mass is 10.2. The second-order valence-corrected chi connectivity index (χ2v) is 3.02. The first kappa shape index (κ1) is 7.98. The molecule has 0 saturated heterocycles. The first-order valence-corrected chi connectivity index (χ1v) is 4.32. The lowest BCUT2D eigenvalue weighted by molar-refractivity contribution is 0.569. The summed E-state index contributed by atoms with van der Waals surface area (Å²) in [5.74, 6) is 0.227. The Hall–Kier alpha value is -2.37. The normalized spacial score (nSPS) is 10.9. The van der Waals surface area contributed by atoms with E-state index in [4.69, 9.17) is 4.42 Å². The molecular formula is C9H6N4O2. The Kier molecular flexibility index (Phi) is 1.49. The molecule has 0 fully saturated rings. The van der Waals surface area contributed by atoms with E-state index in [1.54, 1.807) is 16.8 Å². The van der Waals surface area contributed by atoms with Crippen LogP contribution >= 0.6 is 0 Å². The van der Waals surface area contributed by atoms with Crippen molar-refractivity contribution < 1.29 is 4.42 Å². The molecule has 0 aliphatic rings. The highest BCUT2D eigenvalue weighted by molar-refractivity contribution is 5.74. The van der Waals surface area contributed by atoms with Crippen LogP contribution in [0.25, 0.3) is 17.0 Å². The minimum absolute atomic E-state index is 0.227. The van der Waals surface area contributed by atoms with Crippen LogP contribution in [0.3, 0.4) is 0 Å². The van der Waals surface area contributed by atoms with Crippen molar-refractivity contribution in [1.82, 2.24) is 19.8 Å². The number of fused-ring (bicyclic) bond motifs is 1. The zero-order valence-electron chi connectivity index (χ0n) is 7.54. The summed E-state index contributed by atoms with van der Waals surface area (Å²) in [4.78, 5) is 11.6. The van der Waals surface area contributed by atoms with E-state index in [2.05, 4.69) is 15.3 Å². The van der Waals surface area contributed by atoms with E-state index in [9.17, 15) is 4.79 Å². The van der Waals surface area contributed by atoms with E-state index < -0.39 is 0 Å². The average molecular weight is 202 g/mol. The van der Waals surface area contributed by atoms with Crippen LogP contribution in [-0.2, 0) is 0 Å². The molecule has 74 valence electrons. The summed E-state index contributed by atoms with van der Waals surface area (Å²) in [6.45, 7) is 0. The van der Waals surface area contributed by atoms with Crippen LogP contribution < -0.4 is 5.56 Å². The Morgan fingerprint density at radius 2 is 2.33 bits per heavy atom. The van der Waals surface area contributed by atoms with Gasteiger partial charge in [0.2, 0.25) is 6.39 Å². The number of rotatable bonds is 1. The quantitative estimate of drug-likeness (QED) is 0.629. The van der Waals surface area contributed by atoms with Crippen molar-refractivity contribution in [3.63, 3.8) is 0 Å². The fourth-order valence-corrected chi connectivity index (χ4v) is 1.51. The number of hydrogen-bond donors (Lipinski definition) is 1. The van der Waals surface area contributed by atoms with E-state index in [-0.39, 0.29) is 11.4 Å². The van der Waals surface area contributed by atoms with Crippen molar-refractivity contribution in [1.29, 1.82) is 0 Å². The van der Waals surface area contributed by atoms with Gasteiger partial charge in [0, 0.05) is 6.20 Å². The smallest absolute Gasteiger partial charge is 0.277 e. The summed E-state index contributed by atoms with van der Waals surface area (Å²) in [7, 11) is 0. The Balaban J connectivity index is 2.44. The van der Waals surface area contributed by atoms with E-state index in [0.717, 1.165) is 0 Å². The summed E-state index contributed by atoms with van der Waals surface area (Å²) < 4.78 is 6.62. The Labute approximate surface area is 83.2 Å². The van der Waals surface area contributed by atoms with Crippen LogP contribution in [0.5, 0.6) is 0 Å². The minimum Gasteiger partial charge on any atom is -0.423 e. The third kappa shape index (κ3) is 1.08. The van der Waals surface area contributed by atoms with Gasteiger partial charge in [0.15, 0.2) is 0 Å². The molecule has 6 nitrogen and oxygen atoms in total. The summed E-state index contributed by atoms with van der Waals surface area (Å²) in [6, 6.07) is 5.46. The lowest BCUT2D eigenvalue weighted by Gasteiger charge is -1.91. The number of H-pyrrole nitrogens is 1. The van der Waals surface area contributed by atoms with Gasteiger partial charge < -0.3 is 4.42 Å². The highest BCUT2D eigenvalue weighted by Gasteiger charge is 2.14. The number of nitrogens with one attached hydrogen (secondary N) is 1. The van der Waals surface area contributed by atoms with Crippen LogP contribution in [0.15, 0.2) is 40.0 Å². The fraction of sp³-hybridized carbons (Fsp3) is 0. The maximum Gasteiger partial charge on any atom is 0.277 e. The Bertz CT molecular complexity index is 650. The monoisotopic (exact) mass is 202 g/mol. The highest BCUT2D eigenvalue weighted by atomic mass is 16.4. The highest BCUT2D eigenvalue weighted by Crippen LogP contribution is 2.17. The van der Waals surface area contributed by atoms with Gasteiger partial charge in [0.05, 0.1) is 5.52 Å². The number of nitrogens with zero attached hydrogens (tertiary/aromatic N) is 3. The first-order valence-electron chi connectivity index (χ1n) is 4.32. The standard InChI is InChI=1S/C9H6N4O2/c14-8-7(9-11-10-5-15-9)6-3-1-2-4-13(6)12-8/h1-5H,(H,12,14). The van der Waals surface area contributed by atoms with Crippen LogP contribution in [0.1, 0.15) is 0 Å². The molecule has 3 aromatic rings. The number of aromatic nitrogens is 4. The lowest BCUT2D eigenvalue weighted by Crippen LogP contribution is -2.02. The van der Waals surface area contributed by atoms with Crippen LogP contribution in [-0.4, -0.2) is 19.8 Å². The largest absolute Gasteiger partial charge is 0.423 e. The molecule has 0 spiro atoms. The maximum absolute atomic E-state index is 11.6. The van der Waals surface area contributed by atoms with Crippen molar-refractivity contribution >= 4 is 5.52 Å². The molecule has 0 aliphatic heterocycles. The second-order valence-electron chi connectivity index (χ2n) is 3.02. The first-order chi connectivity index (χ1) is 7.36. The molecule has 0 aromatic carbocycles. The van der Waals surface area contributed by atoms with E-state index >= 15 is 0 Å². The number of aromatic amines is 1. The van der Waals surface area contributed by atoms with Gasteiger partial charge in [-0.2, -0.15) is 0 Å². The molecule has 3 rings (SSSR count). The van der Waals surface area contributed by atoms with Crippen molar-refractivity contribution in [3.8, 4) is 11.5 Å². The third-order valence-electron chi connectivity index (χ3n) is 2.14. The molecule has 0 unspecified atom stereocenters. The molecule has 0 aliphatic carbocycles. The van der Waals surface area contributed by atoms with Gasteiger partial charge >= 0.3 is 0 Å². The zero-order chi connectivity index (χ0) is 10.3. The van der Waals surface area contributed by atoms with Gasteiger partial charge in [-0.05, 0) is 12.1 Å². The molecule has 0 saturated carbocycles. The molecule has 0 bridgehead atoms. The molecule has 0 atom stereocenters. The van der Waals surface area contributed by atoms with E-state index in [1.807, 2.05) is 12.1 Å². The van der Waals surface area contributed by atoms with Crippen molar-refractivity contribution in [3.05, 3.63) is 41.1 Å². The molecule has 6 heteroatoms. The van der Waals surface area contributed by atoms with Gasteiger partial charge in [0.25, 0.3) is 11.4 Å². The van der Waals surface area contributed by atoms with Crippen molar-refractivity contribution in [2.24, 2.45) is 0 Å². The summed E-state index contributed by atoms with van der Waals surface area (Å²) in [5.41, 5.74) is 0.866. The van der Waals surface area contributed by atoms with Crippen molar-refractivity contribution in [2.75, 3.05) is 0 Å². The molecule has 15 heavy (non-hydrogen) atoms. The predicted molar refractivity (Wildman–Crippen MR) is 51.3 cm³/mol. The summed E-state index contributed by atoms with van der Waals surface area (Å²) in [6.07, 6.45) is 2.94.